The molecule has 0 aromatic carbocycles. The Hall–Kier alpha value is -2.25. The van der Waals surface area contributed by atoms with Crippen molar-refractivity contribution >= 4 is 17.2 Å². The van der Waals surface area contributed by atoms with Gasteiger partial charge in [-0.05, 0) is 17.5 Å². The fourth-order valence-corrected chi connectivity index (χ4v) is 2.37. The third kappa shape index (κ3) is 2.68. The third-order valence-electron chi connectivity index (χ3n) is 2.59. The molecular formula is C13H13N5OS. The van der Waals surface area contributed by atoms with Crippen molar-refractivity contribution in [1.29, 1.82) is 0 Å². The molecule has 0 aliphatic heterocycles. The van der Waals surface area contributed by atoms with Gasteiger partial charge in [0.2, 0.25) is 0 Å². The first-order chi connectivity index (χ1) is 9.86. The summed E-state index contributed by atoms with van der Waals surface area (Å²) in [6.45, 7) is 0.388. The minimum absolute atomic E-state index is 0.388. The van der Waals surface area contributed by atoms with Crippen molar-refractivity contribution in [1.82, 2.24) is 19.7 Å². The highest BCUT2D eigenvalue weighted by Gasteiger charge is 2.09. The van der Waals surface area contributed by atoms with E-state index in [0.29, 0.717) is 24.2 Å². The molecule has 3 aromatic rings. The summed E-state index contributed by atoms with van der Waals surface area (Å²) in [6, 6.07) is 7.66. The maximum Gasteiger partial charge on any atom is 0.173 e. The molecule has 0 fully saturated rings. The van der Waals surface area contributed by atoms with Crippen LogP contribution in [-0.2, 0) is 4.74 Å². The van der Waals surface area contributed by atoms with E-state index in [-0.39, 0.29) is 0 Å². The Morgan fingerprint density at radius 1 is 1.35 bits per heavy atom. The van der Waals surface area contributed by atoms with E-state index in [1.54, 1.807) is 29.3 Å². The smallest absolute Gasteiger partial charge is 0.173 e. The molecular weight excluding hydrogens is 274 g/mol. The van der Waals surface area contributed by atoms with Crippen LogP contribution in [0.2, 0.25) is 0 Å². The standard InChI is InChI=1S/C13H13N5OS/c1-19-9-14-11-8-12(18-6-3-5-15-18)17-13(16-11)10-4-2-7-20-10/h2-8H,9H2,1H3,(H,14,16,17). The molecule has 20 heavy (non-hydrogen) atoms. The second-order valence-electron chi connectivity index (χ2n) is 3.97. The second-order valence-corrected chi connectivity index (χ2v) is 4.92. The number of nitrogens with zero attached hydrogens (tertiary/aromatic N) is 4. The summed E-state index contributed by atoms with van der Waals surface area (Å²) < 4.78 is 6.72. The Morgan fingerprint density at radius 2 is 2.30 bits per heavy atom. The molecule has 7 heteroatoms. The fourth-order valence-electron chi connectivity index (χ4n) is 1.71. The van der Waals surface area contributed by atoms with Gasteiger partial charge in [0.25, 0.3) is 0 Å². The number of methoxy groups -OCH3 is 1. The van der Waals surface area contributed by atoms with Crippen LogP contribution in [0.3, 0.4) is 0 Å². The number of nitrogens with one attached hydrogen (secondary N) is 1. The van der Waals surface area contributed by atoms with Crippen molar-refractivity contribution in [3.05, 3.63) is 42.0 Å². The van der Waals surface area contributed by atoms with E-state index < -0.39 is 0 Å². The molecule has 0 aliphatic carbocycles. The zero-order valence-corrected chi connectivity index (χ0v) is 11.7. The Bertz CT molecular complexity index is 614. The molecule has 1 N–H and O–H groups in total. The zero-order valence-electron chi connectivity index (χ0n) is 10.9. The van der Waals surface area contributed by atoms with Gasteiger partial charge in [-0.2, -0.15) is 5.10 Å². The van der Waals surface area contributed by atoms with E-state index in [4.69, 9.17) is 4.74 Å². The third-order valence-corrected chi connectivity index (χ3v) is 3.46. The Balaban J connectivity index is 2.03. The first-order valence-corrected chi connectivity index (χ1v) is 6.90. The van der Waals surface area contributed by atoms with Crippen molar-refractivity contribution in [3.63, 3.8) is 0 Å². The van der Waals surface area contributed by atoms with Gasteiger partial charge in [-0.3, -0.25) is 0 Å². The molecule has 0 saturated carbocycles. The molecule has 6 nitrogen and oxygen atoms in total. The van der Waals surface area contributed by atoms with Crippen molar-refractivity contribution < 1.29 is 4.74 Å². The average Bonchev–Trinajstić information content (AvgIpc) is 3.17. The number of rotatable bonds is 5. The molecule has 0 atom stereocenters. The van der Waals surface area contributed by atoms with Crippen molar-refractivity contribution in [2.24, 2.45) is 0 Å². The van der Waals surface area contributed by atoms with E-state index in [0.717, 1.165) is 4.88 Å². The lowest BCUT2D eigenvalue weighted by molar-refractivity contribution is 0.221. The minimum atomic E-state index is 0.388. The van der Waals surface area contributed by atoms with Crippen LogP contribution in [0.1, 0.15) is 0 Å². The van der Waals surface area contributed by atoms with E-state index in [1.807, 2.05) is 35.8 Å². The Labute approximate surface area is 120 Å². The molecule has 102 valence electrons. The minimum Gasteiger partial charge on any atom is -0.365 e. The predicted octanol–water partition coefficient (Wildman–Crippen LogP) is 2.41. The van der Waals surface area contributed by atoms with Gasteiger partial charge in [-0.15, -0.1) is 11.3 Å². The number of anilines is 1. The summed E-state index contributed by atoms with van der Waals surface area (Å²) in [5, 5.41) is 9.29. The quantitative estimate of drug-likeness (QED) is 0.730. The van der Waals surface area contributed by atoms with Crippen LogP contribution in [0, 0.1) is 0 Å². The van der Waals surface area contributed by atoms with Gasteiger partial charge in [0, 0.05) is 25.6 Å². The molecule has 0 bridgehead atoms. The highest BCUT2D eigenvalue weighted by Crippen LogP contribution is 2.23. The monoisotopic (exact) mass is 287 g/mol. The second kappa shape index (κ2) is 5.81. The van der Waals surface area contributed by atoms with Gasteiger partial charge in [-0.1, -0.05) is 6.07 Å². The molecule has 0 aliphatic rings. The van der Waals surface area contributed by atoms with Gasteiger partial charge in [0.1, 0.15) is 12.5 Å². The lowest BCUT2D eigenvalue weighted by Gasteiger charge is -2.08. The molecule has 0 amide bonds. The fraction of sp³-hybridized carbons (Fsp3) is 0.154. The lowest BCUT2D eigenvalue weighted by atomic mass is 10.4. The molecule has 0 unspecified atom stereocenters. The summed E-state index contributed by atoms with van der Waals surface area (Å²) in [7, 11) is 1.63. The lowest BCUT2D eigenvalue weighted by Crippen LogP contribution is -2.08. The maximum atomic E-state index is 5.02. The van der Waals surface area contributed by atoms with Gasteiger partial charge in [-0.25, -0.2) is 14.6 Å². The van der Waals surface area contributed by atoms with Gasteiger partial charge in [0.15, 0.2) is 11.6 Å². The largest absolute Gasteiger partial charge is 0.365 e. The predicted molar refractivity (Wildman–Crippen MR) is 78.0 cm³/mol. The molecule has 0 spiro atoms. The summed E-state index contributed by atoms with van der Waals surface area (Å²) in [4.78, 5) is 10.0. The van der Waals surface area contributed by atoms with Gasteiger partial charge < -0.3 is 10.1 Å². The molecule has 0 saturated heterocycles. The van der Waals surface area contributed by atoms with Gasteiger partial charge in [0.05, 0.1) is 4.88 Å². The number of thiophene rings is 1. The van der Waals surface area contributed by atoms with Crippen molar-refractivity contribution in [2.45, 2.75) is 0 Å². The average molecular weight is 287 g/mol. The molecule has 3 heterocycles. The van der Waals surface area contributed by atoms with Crippen LogP contribution in [-0.4, -0.2) is 33.6 Å². The van der Waals surface area contributed by atoms with Crippen LogP contribution in [0.15, 0.2) is 42.0 Å². The highest BCUT2D eigenvalue weighted by molar-refractivity contribution is 7.13. The Kier molecular flexibility index (Phi) is 3.71. The van der Waals surface area contributed by atoms with E-state index in [2.05, 4.69) is 20.4 Å². The van der Waals surface area contributed by atoms with Crippen LogP contribution >= 0.6 is 11.3 Å². The van der Waals surface area contributed by atoms with Crippen LogP contribution in [0.5, 0.6) is 0 Å². The maximum absolute atomic E-state index is 5.02. The summed E-state index contributed by atoms with van der Waals surface area (Å²) >= 11 is 1.60. The topological polar surface area (TPSA) is 64.9 Å². The van der Waals surface area contributed by atoms with E-state index >= 15 is 0 Å². The van der Waals surface area contributed by atoms with E-state index in [9.17, 15) is 0 Å². The molecule has 3 rings (SSSR count). The van der Waals surface area contributed by atoms with Crippen LogP contribution < -0.4 is 5.32 Å². The SMILES string of the molecule is COCNc1cc(-n2cccn2)nc(-c2cccs2)n1. The summed E-state index contributed by atoms with van der Waals surface area (Å²) in [5.41, 5.74) is 0. The van der Waals surface area contributed by atoms with Gasteiger partial charge >= 0.3 is 0 Å². The van der Waals surface area contributed by atoms with E-state index in [1.165, 1.54) is 0 Å². The highest BCUT2D eigenvalue weighted by atomic mass is 32.1. The first-order valence-electron chi connectivity index (χ1n) is 6.02. The molecule has 0 radical (unpaired) electrons. The van der Waals surface area contributed by atoms with Crippen LogP contribution in [0.25, 0.3) is 16.5 Å². The normalized spacial score (nSPS) is 10.7. The molecule has 3 aromatic heterocycles. The first kappa shape index (κ1) is 12.8. The van der Waals surface area contributed by atoms with Crippen molar-refractivity contribution in [2.75, 3.05) is 19.2 Å². The number of aromatic nitrogens is 4. The number of hydrogen-bond acceptors (Lipinski definition) is 6. The summed E-state index contributed by atoms with van der Waals surface area (Å²) in [6.07, 6.45) is 3.57. The number of ether oxygens (including phenoxy) is 1. The number of hydrogen-bond donors (Lipinski definition) is 1. The van der Waals surface area contributed by atoms with Crippen LogP contribution in [0.4, 0.5) is 5.82 Å². The summed E-state index contributed by atoms with van der Waals surface area (Å²) in [5.74, 6) is 2.09. The Morgan fingerprint density at radius 3 is 3.00 bits per heavy atom. The van der Waals surface area contributed by atoms with Crippen molar-refractivity contribution in [3.8, 4) is 16.5 Å². The zero-order chi connectivity index (χ0) is 13.8.